The van der Waals surface area contributed by atoms with E-state index in [1.807, 2.05) is 0 Å². The second kappa shape index (κ2) is 19.0. The lowest BCUT2D eigenvalue weighted by Gasteiger charge is -2.11. The van der Waals surface area contributed by atoms with E-state index in [4.69, 9.17) is 0 Å². The Labute approximate surface area is 142 Å². The van der Waals surface area contributed by atoms with Crippen LogP contribution >= 0.6 is 0 Å². The zero-order chi connectivity index (χ0) is 16.3. The molecular weight excluding hydrogens is 266 g/mol. The van der Waals surface area contributed by atoms with Gasteiger partial charge in [-0.15, -0.1) is 0 Å². The lowest BCUT2D eigenvalue weighted by Crippen LogP contribution is -2.16. The maximum absolute atomic E-state index is 3.54. The van der Waals surface area contributed by atoms with Crippen molar-refractivity contribution < 1.29 is 0 Å². The van der Waals surface area contributed by atoms with Gasteiger partial charge in [0.1, 0.15) is 0 Å². The molecule has 0 heterocycles. The molecule has 0 saturated heterocycles. The number of rotatable bonds is 18. The summed E-state index contributed by atoms with van der Waals surface area (Å²) in [6.45, 7) is 9.46. The smallest absolute Gasteiger partial charge is 0.00489 e. The van der Waals surface area contributed by atoms with E-state index < -0.39 is 0 Å². The van der Waals surface area contributed by atoms with Gasteiger partial charge < -0.3 is 5.32 Å². The first-order chi connectivity index (χ1) is 10.8. The van der Waals surface area contributed by atoms with Gasteiger partial charge in [0.25, 0.3) is 0 Å². The molecule has 0 aliphatic rings. The lowest BCUT2D eigenvalue weighted by molar-refractivity contribution is 0.431. The van der Waals surface area contributed by atoms with Crippen molar-refractivity contribution in [3.8, 4) is 0 Å². The molecule has 1 N–H and O–H groups in total. The number of hydrogen-bond donors (Lipinski definition) is 1. The first-order valence-electron chi connectivity index (χ1n) is 10.5. The van der Waals surface area contributed by atoms with Gasteiger partial charge in [-0.25, -0.2) is 0 Å². The van der Waals surface area contributed by atoms with Crippen molar-refractivity contribution in [3.05, 3.63) is 0 Å². The molecule has 0 amide bonds. The zero-order valence-corrected chi connectivity index (χ0v) is 16.1. The maximum Gasteiger partial charge on any atom is -0.00489 e. The summed E-state index contributed by atoms with van der Waals surface area (Å²) < 4.78 is 0. The molecule has 0 rings (SSSR count). The molecule has 0 aromatic rings. The lowest BCUT2D eigenvalue weighted by atomic mass is 9.96. The normalized spacial score (nSPS) is 12.7. The van der Waals surface area contributed by atoms with Crippen molar-refractivity contribution in [1.29, 1.82) is 0 Å². The van der Waals surface area contributed by atoms with Crippen LogP contribution in [0.1, 0.15) is 117 Å². The molecule has 0 aliphatic heterocycles. The molecule has 0 radical (unpaired) electrons. The quantitative estimate of drug-likeness (QED) is 0.266. The summed E-state index contributed by atoms with van der Waals surface area (Å²) in [5.41, 5.74) is 0. The number of unbranched alkanes of at least 4 members (excludes halogenated alkanes) is 10. The molecule has 0 aromatic heterocycles. The Kier molecular flexibility index (Phi) is 19.0. The fraction of sp³-hybridized carbons (Fsp3) is 1.00. The van der Waals surface area contributed by atoms with E-state index in [9.17, 15) is 0 Å². The Balaban J connectivity index is 3.11. The molecule has 1 nitrogen and oxygen atoms in total. The van der Waals surface area contributed by atoms with Crippen molar-refractivity contribution in [2.75, 3.05) is 13.1 Å². The monoisotopic (exact) mass is 311 g/mol. The topological polar surface area (TPSA) is 12.0 Å². The summed E-state index contributed by atoms with van der Waals surface area (Å²) in [5, 5.41) is 3.54. The summed E-state index contributed by atoms with van der Waals surface area (Å²) in [6, 6.07) is 0. The van der Waals surface area contributed by atoms with E-state index in [-0.39, 0.29) is 0 Å². The highest BCUT2D eigenvalue weighted by atomic mass is 14.8. The summed E-state index contributed by atoms with van der Waals surface area (Å²) in [4.78, 5) is 0. The van der Waals surface area contributed by atoms with Gasteiger partial charge >= 0.3 is 0 Å². The molecule has 22 heavy (non-hydrogen) atoms. The van der Waals surface area contributed by atoms with Crippen LogP contribution in [0.2, 0.25) is 0 Å². The van der Waals surface area contributed by atoms with Crippen LogP contribution in [0.5, 0.6) is 0 Å². The average Bonchev–Trinajstić information content (AvgIpc) is 2.52. The van der Waals surface area contributed by atoms with Gasteiger partial charge in [-0.3, -0.25) is 0 Å². The molecule has 0 fully saturated rings. The molecule has 0 saturated carbocycles. The van der Waals surface area contributed by atoms with Gasteiger partial charge in [-0.05, 0) is 31.8 Å². The standard InChI is InChI=1S/C21H45N/c1-4-6-8-9-10-11-12-14-17-21(3)18-15-13-16-20-22-19-7-5-2/h21-22H,4-20H2,1-3H3. The van der Waals surface area contributed by atoms with E-state index in [0.29, 0.717) is 0 Å². The number of nitrogens with one attached hydrogen (secondary N) is 1. The molecule has 1 atom stereocenters. The van der Waals surface area contributed by atoms with Crippen LogP contribution in [0.3, 0.4) is 0 Å². The predicted molar refractivity (Wildman–Crippen MR) is 103 cm³/mol. The van der Waals surface area contributed by atoms with Gasteiger partial charge in [-0.2, -0.15) is 0 Å². The van der Waals surface area contributed by atoms with Gasteiger partial charge in [0, 0.05) is 0 Å². The van der Waals surface area contributed by atoms with E-state index in [2.05, 4.69) is 26.1 Å². The molecule has 134 valence electrons. The van der Waals surface area contributed by atoms with Crippen molar-refractivity contribution in [2.24, 2.45) is 5.92 Å². The summed E-state index contributed by atoms with van der Waals surface area (Å²) in [7, 11) is 0. The second-order valence-corrected chi connectivity index (χ2v) is 7.32. The Hall–Kier alpha value is -0.0400. The highest BCUT2D eigenvalue weighted by Crippen LogP contribution is 2.17. The minimum atomic E-state index is 0.952. The predicted octanol–water partition coefficient (Wildman–Crippen LogP) is 7.10. The minimum Gasteiger partial charge on any atom is -0.317 e. The number of hydrogen-bond acceptors (Lipinski definition) is 1. The third kappa shape index (κ3) is 18.0. The van der Waals surface area contributed by atoms with Crippen molar-refractivity contribution in [1.82, 2.24) is 5.32 Å². The van der Waals surface area contributed by atoms with E-state index in [1.54, 1.807) is 0 Å². The average molecular weight is 312 g/mol. The molecular formula is C21H45N. The largest absolute Gasteiger partial charge is 0.317 e. The van der Waals surface area contributed by atoms with Gasteiger partial charge in [0.15, 0.2) is 0 Å². The molecule has 1 unspecified atom stereocenters. The Morgan fingerprint density at radius 1 is 0.545 bits per heavy atom. The molecule has 0 aromatic carbocycles. The SMILES string of the molecule is CCCCCCCCCCC(C)CCCCCNCCCC. The Morgan fingerprint density at radius 2 is 1.00 bits per heavy atom. The first kappa shape index (κ1) is 22.0. The van der Waals surface area contributed by atoms with Crippen molar-refractivity contribution in [3.63, 3.8) is 0 Å². The Bertz CT molecular complexity index is 170. The van der Waals surface area contributed by atoms with Gasteiger partial charge in [-0.1, -0.05) is 104 Å². The minimum absolute atomic E-state index is 0.952. The van der Waals surface area contributed by atoms with E-state index in [1.165, 1.54) is 109 Å². The van der Waals surface area contributed by atoms with Crippen molar-refractivity contribution in [2.45, 2.75) is 117 Å². The van der Waals surface area contributed by atoms with E-state index >= 15 is 0 Å². The zero-order valence-electron chi connectivity index (χ0n) is 16.1. The highest BCUT2D eigenvalue weighted by Gasteiger charge is 2.02. The van der Waals surface area contributed by atoms with Crippen molar-refractivity contribution >= 4 is 0 Å². The van der Waals surface area contributed by atoms with Gasteiger partial charge in [0.2, 0.25) is 0 Å². The molecule has 0 aliphatic carbocycles. The highest BCUT2D eigenvalue weighted by molar-refractivity contribution is 4.56. The fourth-order valence-electron chi connectivity index (χ4n) is 3.12. The van der Waals surface area contributed by atoms with Crippen LogP contribution < -0.4 is 5.32 Å². The van der Waals surface area contributed by atoms with E-state index in [0.717, 1.165) is 5.92 Å². The van der Waals surface area contributed by atoms with Crippen LogP contribution in [-0.4, -0.2) is 13.1 Å². The van der Waals surface area contributed by atoms with Crippen LogP contribution in [0.4, 0.5) is 0 Å². The van der Waals surface area contributed by atoms with Gasteiger partial charge in [0.05, 0.1) is 0 Å². The fourth-order valence-corrected chi connectivity index (χ4v) is 3.12. The second-order valence-electron chi connectivity index (χ2n) is 7.32. The molecule has 0 spiro atoms. The first-order valence-corrected chi connectivity index (χ1v) is 10.5. The summed E-state index contributed by atoms with van der Waals surface area (Å²) in [6.07, 6.45) is 21.4. The summed E-state index contributed by atoms with van der Waals surface area (Å²) >= 11 is 0. The third-order valence-corrected chi connectivity index (χ3v) is 4.81. The molecule has 1 heteroatoms. The maximum atomic E-state index is 3.54. The van der Waals surface area contributed by atoms with Crippen LogP contribution in [0, 0.1) is 5.92 Å². The van der Waals surface area contributed by atoms with Crippen LogP contribution in [0.15, 0.2) is 0 Å². The third-order valence-electron chi connectivity index (χ3n) is 4.81. The summed E-state index contributed by atoms with van der Waals surface area (Å²) in [5.74, 6) is 0.952. The van der Waals surface area contributed by atoms with Crippen LogP contribution in [-0.2, 0) is 0 Å². The Morgan fingerprint density at radius 3 is 1.59 bits per heavy atom. The molecule has 0 bridgehead atoms. The van der Waals surface area contributed by atoms with Crippen LogP contribution in [0.25, 0.3) is 0 Å².